The molecule has 3 aromatic carbocycles. The van der Waals surface area contributed by atoms with Crippen molar-refractivity contribution in [2.45, 2.75) is 13.5 Å². The number of aliphatic imine (C=N–C) groups is 1. The summed E-state index contributed by atoms with van der Waals surface area (Å²) >= 11 is 12.2. The van der Waals surface area contributed by atoms with Gasteiger partial charge in [0.05, 0.1) is 5.69 Å². The molecule has 0 N–H and O–H groups in total. The van der Waals surface area contributed by atoms with Crippen molar-refractivity contribution in [3.8, 4) is 5.75 Å². The topological polar surface area (TPSA) is 24.8 Å². The molecule has 3 nitrogen and oxygen atoms in total. The maximum absolute atomic E-state index is 6.24. The molecule has 144 valence electrons. The molecule has 0 saturated heterocycles. The number of benzene rings is 3. The van der Waals surface area contributed by atoms with E-state index in [4.69, 9.17) is 27.9 Å². The van der Waals surface area contributed by atoms with E-state index in [0.717, 1.165) is 33.8 Å². The fraction of sp³-hybridized carbons (Fsp3) is 0.174. The Morgan fingerprint density at radius 2 is 1.71 bits per heavy atom. The van der Waals surface area contributed by atoms with Gasteiger partial charge in [0.2, 0.25) is 0 Å². The fourth-order valence-corrected chi connectivity index (χ4v) is 3.14. The largest absolute Gasteiger partial charge is 0.488 e. The smallest absolute Gasteiger partial charge is 0.128 e. The third-order valence-electron chi connectivity index (χ3n) is 4.28. The number of ether oxygens (including phenoxy) is 1. The van der Waals surface area contributed by atoms with Crippen LogP contribution in [0.25, 0.3) is 0 Å². The lowest BCUT2D eigenvalue weighted by Gasteiger charge is -2.12. The van der Waals surface area contributed by atoms with Gasteiger partial charge in [-0.3, -0.25) is 4.99 Å². The van der Waals surface area contributed by atoms with Gasteiger partial charge in [0.1, 0.15) is 12.4 Å². The van der Waals surface area contributed by atoms with E-state index in [0.29, 0.717) is 16.7 Å². The first-order valence-electron chi connectivity index (χ1n) is 8.91. The fourth-order valence-electron chi connectivity index (χ4n) is 2.68. The minimum absolute atomic E-state index is 0.359. The summed E-state index contributed by atoms with van der Waals surface area (Å²) < 4.78 is 6.01. The van der Waals surface area contributed by atoms with Crippen LogP contribution in [-0.4, -0.2) is 20.3 Å². The summed E-state index contributed by atoms with van der Waals surface area (Å²) in [6.07, 6.45) is 1.83. The van der Waals surface area contributed by atoms with E-state index in [-0.39, 0.29) is 0 Å². The van der Waals surface area contributed by atoms with E-state index in [1.165, 1.54) is 0 Å². The van der Waals surface area contributed by atoms with Gasteiger partial charge in [-0.25, -0.2) is 0 Å². The van der Waals surface area contributed by atoms with Gasteiger partial charge in [-0.05, 0) is 55.5 Å². The number of rotatable bonds is 6. The van der Waals surface area contributed by atoms with Crippen molar-refractivity contribution < 1.29 is 4.74 Å². The number of aryl methyl sites for hydroxylation is 1. The number of nitrogens with zero attached hydrogens (tertiary/aromatic N) is 2. The summed E-state index contributed by atoms with van der Waals surface area (Å²) in [7, 11) is 4.03. The SMILES string of the molecule is Cc1ccc(OCc2ccc(Cl)cc2Cl)c(C=Nc2ccc(N(C)C)cc2)c1. The van der Waals surface area contributed by atoms with E-state index < -0.39 is 0 Å². The van der Waals surface area contributed by atoms with Crippen LogP contribution in [0.3, 0.4) is 0 Å². The Morgan fingerprint density at radius 3 is 2.39 bits per heavy atom. The molecule has 0 amide bonds. The second-order valence-electron chi connectivity index (χ2n) is 6.73. The van der Waals surface area contributed by atoms with Gasteiger partial charge in [-0.2, -0.15) is 0 Å². The Bertz CT molecular complexity index is 982. The van der Waals surface area contributed by atoms with E-state index in [9.17, 15) is 0 Å². The molecule has 0 saturated carbocycles. The van der Waals surface area contributed by atoms with Crippen molar-refractivity contribution >= 4 is 40.8 Å². The maximum Gasteiger partial charge on any atom is 0.128 e. The third kappa shape index (κ3) is 5.28. The molecule has 0 radical (unpaired) electrons. The zero-order valence-electron chi connectivity index (χ0n) is 16.1. The Labute approximate surface area is 176 Å². The van der Waals surface area contributed by atoms with Crippen molar-refractivity contribution in [3.05, 3.63) is 87.4 Å². The van der Waals surface area contributed by atoms with E-state index in [1.54, 1.807) is 12.1 Å². The Balaban J connectivity index is 1.78. The second-order valence-corrected chi connectivity index (χ2v) is 7.58. The number of anilines is 1. The van der Waals surface area contributed by atoms with Crippen LogP contribution in [0.4, 0.5) is 11.4 Å². The van der Waals surface area contributed by atoms with E-state index in [2.05, 4.69) is 16.0 Å². The lowest BCUT2D eigenvalue weighted by molar-refractivity contribution is 0.306. The summed E-state index contributed by atoms with van der Waals surface area (Å²) in [5.41, 5.74) is 4.97. The summed E-state index contributed by atoms with van der Waals surface area (Å²) in [6, 6.07) is 19.5. The average Bonchev–Trinajstić information content (AvgIpc) is 2.67. The van der Waals surface area contributed by atoms with E-state index in [1.807, 2.05) is 69.7 Å². The number of hydrogen-bond donors (Lipinski definition) is 0. The molecule has 0 aliphatic rings. The van der Waals surface area contributed by atoms with Crippen molar-refractivity contribution in [1.29, 1.82) is 0 Å². The van der Waals surface area contributed by atoms with Crippen LogP contribution in [0.1, 0.15) is 16.7 Å². The standard InChI is InChI=1S/C23H22Cl2N2O/c1-16-4-11-23(28-15-17-5-6-19(24)13-22(17)25)18(12-16)14-26-20-7-9-21(10-8-20)27(2)3/h4-14H,15H2,1-3H3. The molecule has 0 spiro atoms. The number of halogens is 2. The highest BCUT2D eigenvalue weighted by atomic mass is 35.5. The van der Waals surface area contributed by atoms with Gasteiger partial charge in [0.25, 0.3) is 0 Å². The predicted molar refractivity (Wildman–Crippen MR) is 120 cm³/mol. The van der Waals surface area contributed by atoms with Crippen molar-refractivity contribution in [2.24, 2.45) is 4.99 Å². The van der Waals surface area contributed by atoms with E-state index >= 15 is 0 Å². The monoisotopic (exact) mass is 412 g/mol. The molecule has 0 aliphatic carbocycles. The van der Waals surface area contributed by atoms with Crippen LogP contribution in [0.2, 0.25) is 10.0 Å². The molecule has 5 heteroatoms. The highest BCUT2D eigenvalue weighted by Gasteiger charge is 2.06. The van der Waals surface area contributed by atoms with Crippen LogP contribution in [0.15, 0.2) is 65.7 Å². The Kier molecular flexibility index (Phi) is 6.61. The lowest BCUT2D eigenvalue weighted by atomic mass is 10.1. The second kappa shape index (κ2) is 9.13. The van der Waals surface area contributed by atoms with Crippen LogP contribution < -0.4 is 9.64 Å². The summed E-state index contributed by atoms with van der Waals surface area (Å²) in [5.74, 6) is 0.755. The van der Waals surface area contributed by atoms with Crippen LogP contribution in [-0.2, 0) is 6.61 Å². The summed E-state index contributed by atoms with van der Waals surface area (Å²) in [6.45, 7) is 2.40. The van der Waals surface area contributed by atoms with Crippen LogP contribution >= 0.6 is 23.2 Å². The van der Waals surface area contributed by atoms with Gasteiger partial charge in [-0.15, -0.1) is 0 Å². The van der Waals surface area contributed by atoms with Crippen LogP contribution in [0.5, 0.6) is 5.75 Å². The van der Waals surface area contributed by atoms with Crippen molar-refractivity contribution in [1.82, 2.24) is 0 Å². The molecule has 0 atom stereocenters. The molecule has 3 aromatic rings. The third-order valence-corrected chi connectivity index (χ3v) is 4.87. The summed E-state index contributed by atoms with van der Waals surface area (Å²) in [5, 5.41) is 1.20. The molecular weight excluding hydrogens is 391 g/mol. The van der Waals surface area contributed by atoms with Gasteiger partial charge >= 0.3 is 0 Å². The molecule has 0 fully saturated rings. The average molecular weight is 413 g/mol. The molecule has 28 heavy (non-hydrogen) atoms. The zero-order valence-corrected chi connectivity index (χ0v) is 17.6. The van der Waals surface area contributed by atoms with Crippen molar-refractivity contribution in [2.75, 3.05) is 19.0 Å². The molecule has 0 aromatic heterocycles. The predicted octanol–water partition coefficient (Wildman–Crippen LogP) is 6.70. The highest BCUT2D eigenvalue weighted by Crippen LogP contribution is 2.25. The van der Waals surface area contributed by atoms with Gasteiger partial charge in [-0.1, -0.05) is 40.9 Å². The van der Waals surface area contributed by atoms with Gasteiger partial charge in [0, 0.05) is 47.2 Å². The lowest BCUT2D eigenvalue weighted by Crippen LogP contribution is -2.07. The summed E-state index contributed by atoms with van der Waals surface area (Å²) in [4.78, 5) is 6.65. The molecule has 3 rings (SSSR count). The minimum atomic E-state index is 0.359. The number of hydrogen-bond acceptors (Lipinski definition) is 3. The normalized spacial score (nSPS) is 11.0. The van der Waals surface area contributed by atoms with Crippen molar-refractivity contribution in [3.63, 3.8) is 0 Å². The Morgan fingerprint density at radius 1 is 0.964 bits per heavy atom. The van der Waals surface area contributed by atoms with Gasteiger partial charge in [0.15, 0.2) is 0 Å². The zero-order chi connectivity index (χ0) is 20.1. The molecule has 0 aliphatic heterocycles. The first kappa shape index (κ1) is 20.2. The molecule has 0 unspecified atom stereocenters. The first-order valence-corrected chi connectivity index (χ1v) is 9.67. The van der Waals surface area contributed by atoms with Crippen LogP contribution in [0, 0.1) is 6.92 Å². The quantitative estimate of drug-likeness (QED) is 0.420. The molecule has 0 bridgehead atoms. The Hall–Kier alpha value is -2.49. The first-order chi connectivity index (χ1) is 13.4. The molecule has 0 heterocycles. The maximum atomic E-state index is 6.24. The minimum Gasteiger partial charge on any atom is -0.488 e. The highest BCUT2D eigenvalue weighted by molar-refractivity contribution is 6.35. The molecular formula is C23H22Cl2N2O. The van der Waals surface area contributed by atoms with Gasteiger partial charge < -0.3 is 9.64 Å².